The standard InChI is InChI=1S/C17H29NO3/c1-17(2,9-10-18-3)8-7-14-15(20-5)11-13(19-4)12-16(14)21-6/h11-12,18H,7-10H2,1-6H3. The fourth-order valence-electron chi connectivity index (χ4n) is 2.38. The Morgan fingerprint density at radius 3 is 1.95 bits per heavy atom. The van der Waals surface area contributed by atoms with E-state index in [-0.39, 0.29) is 5.41 Å². The molecule has 0 aliphatic carbocycles. The van der Waals surface area contributed by atoms with Crippen molar-refractivity contribution < 1.29 is 14.2 Å². The van der Waals surface area contributed by atoms with Crippen LogP contribution in [0, 0.1) is 5.41 Å². The number of hydrogen-bond donors (Lipinski definition) is 1. The van der Waals surface area contributed by atoms with Crippen molar-refractivity contribution in [1.82, 2.24) is 5.32 Å². The molecular weight excluding hydrogens is 266 g/mol. The predicted octanol–water partition coefficient (Wildman–Crippen LogP) is 3.28. The lowest BCUT2D eigenvalue weighted by Crippen LogP contribution is -2.20. The molecule has 0 radical (unpaired) electrons. The van der Waals surface area contributed by atoms with E-state index in [0.29, 0.717) is 0 Å². The zero-order chi connectivity index (χ0) is 15.9. The SMILES string of the molecule is CNCCC(C)(C)CCc1c(OC)cc(OC)cc1OC. The molecule has 0 heterocycles. The molecule has 0 saturated carbocycles. The Balaban J connectivity index is 2.91. The zero-order valence-corrected chi connectivity index (χ0v) is 14.2. The van der Waals surface area contributed by atoms with Gasteiger partial charge in [0.15, 0.2) is 0 Å². The quantitative estimate of drug-likeness (QED) is 0.759. The Labute approximate surface area is 128 Å². The summed E-state index contributed by atoms with van der Waals surface area (Å²) >= 11 is 0. The van der Waals surface area contributed by atoms with E-state index in [1.165, 1.54) is 0 Å². The van der Waals surface area contributed by atoms with Crippen LogP contribution in [0.4, 0.5) is 0 Å². The molecule has 0 saturated heterocycles. The number of benzene rings is 1. The molecule has 0 aliphatic heterocycles. The summed E-state index contributed by atoms with van der Waals surface area (Å²) in [6, 6.07) is 3.83. The number of hydrogen-bond acceptors (Lipinski definition) is 4. The van der Waals surface area contributed by atoms with Crippen LogP contribution in [0.15, 0.2) is 12.1 Å². The average molecular weight is 295 g/mol. The summed E-state index contributed by atoms with van der Waals surface area (Å²) in [5.74, 6) is 2.41. The lowest BCUT2D eigenvalue weighted by molar-refractivity contribution is 0.300. The maximum atomic E-state index is 5.50. The van der Waals surface area contributed by atoms with Gasteiger partial charge in [-0.3, -0.25) is 0 Å². The van der Waals surface area contributed by atoms with Crippen molar-refractivity contribution in [2.75, 3.05) is 34.9 Å². The van der Waals surface area contributed by atoms with Gasteiger partial charge in [-0.15, -0.1) is 0 Å². The van der Waals surface area contributed by atoms with Crippen LogP contribution in [-0.4, -0.2) is 34.9 Å². The summed E-state index contributed by atoms with van der Waals surface area (Å²) in [4.78, 5) is 0. The van der Waals surface area contributed by atoms with Crippen molar-refractivity contribution in [3.05, 3.63) is 17.7 Å². The van der Waals surface area contributed by atoms with E-state index < -0.39 is 0 Å². The Morgan fingerprint density at radius 2 is 1.52 bits per heavy atom. The van der Waals surface area contributed by atoms with Crippen molar-refractivity contribution in [2.24, 2.45) is 5.41 Å². The molecular formula is C17H29NO3. The van der Waals surface area contributed by atoms with Crippen molar-refractivity contribution >= 4 is 0 Å². The molecule has 1 rings (SSSR count). The van der Waals surface area contributed by atoms with Gasteiger partial charge in [0.1, 0.15) is 17.2 Å². The number of ether oxygens (including phenoxy) is 3. The van der Waals surface area contributed by atoms with Crippen molar-refractivity contribution in [1.29, 1.82) is 0 Å². The molecule has 0 atom stereocenters. The van der Waals surface area contributed by atoms with Gasteiger partial charge in [0.25, 0.3) is 0 Å². The second kappa shape index (κ2) is 8.13. The fourth-order valence-corrected chi connectivity index (χ4v) is 2.38. The summed E-state index contributed by atoms with van der Waals surface area (Å²) in [5.41, 5.74) is 1.39. The third kappa shape index (κ3) is 5.12. The molecule has 0 aliphatic rings. The monoisotopic (exact) mass is 295 g/mol. The van der Waals surface area contributed by atoms with Gasteiger partial charge in [0.2, 0.25) is 0 Å². The molecule has 0 spiro atoms. The first-order valence-electron chi connectivity index (χ1n) is 7.41. The van der Waals surface area contributed by atoms with Crippen molar-refractivity contribution in [3.8, 4) is 17.2 Å². The lowest BCUT2D eigenvalue weighted by Gasteiger charge is -2.25. The van der Waals surface area contributed by atoms with Crippen LogP contribution in [0.2, 0.25) is 0 Å². The van der Waals surface area contributed by atoms with Gasteiger partial charge in [0, 0.05) is 17.7 Å². The third-order valence-corrected chi connectivity index (χ3v) is 3.92. The first-order valence-corrected chi connectivity index (χ1v) is 7.41. The highest BCUT2D eigenvalue weighted by Crippen LogP contribution is 2.37. The summed E-state index contributed by atoms with van der Waals surface area (Å²) in [6.07, 6.45) is 3.14. The van der Waals surface area contributed by atoms with Gasteiger partial charge < -0.3 is 19.5 Å². The summed E-state index contributed by atoms with van der Waals surface area (Å²) < 4.78 is 16.3. The summed E-state index contributed by atoms with van der Waals surface area (Å²) in [7, 11) is 7.01. The molecule has 1 aromatic rings. The molecule has 0 fully saturated rings. The Morgan fingerprint density at radius 1 is 0.952 bits per heavy atom. The Kier molecular flexibility index (Phi) is 6.82. The topological polar surface area (TPSA) is 39.7 Å². The Bertz CT molecular complexity index is 419. The van der Waals surface area contributed by atoms with Gasteiger partial charge in [-0.2, -0.15) is 0 Å². The van der Waals surface area contributed by atoms with Gasteiger partial charge in [-0.05, 0) is 38.3 Å². The number of methoxy groups -OCH3 is 3. The largest absolute Gasteiger partial charge is 0.496 e. The minimum absolute atomic E-state index is 0.277. The van der Waals surface area contributed by atoms with Crippen LogP contribution in [0.3, 0.4) is 0 Å². The van der Waals surface area contributed by atoms with E-state index in [0.717, 1.165) is 48.6 Å². The minimum Gasteiger partial charge on any atom is -0.496 e. The van der Waals surface area contributed by atoms with Crippen LogP contribution in [0.25, 0.3) is 0 Å². The first-order chi connectivity index (χ1) is 9.97. The highest BCUT2D eigenvalue weighted by Gasteiger charge is 2.20. The van der Waals surface area contributed by atoms with Crippen LogP contribution in [0.1, 0.15) is 32.3 Å². The van der Waals surface area contributed by atoms with E-state index in [4.69, 9.17) is 14.2 Å². The summed E-state index contributed by atoms with van der Waals surface area (Å²) in [6.45, 7) is 5.63. The molecule has 21 heavy (non-hydrogen) atoms. The van der Waals surface area contributed by atoms with Crippen molar-refractivity contribution in [2.45, 2.75) is 33.1 Å². The second-order valence-electron chi connectivity index (χ2n) is 6.03. The molecule has 4 nitrogen and oxygen atoms in total. The fraction of sp³-hybridized carbons (Fsp3) is 0.647. The van der Waals surface area contributed by atoms with E-state index >= 15 is 0 Å². The van der Waals surface area contributed by atoms with E-state index in [1.54, 1.807) is 21.3 Å². The number of nitrogens with one attached hydrogen (secondary N) is 1. The van der Waals surface area contributed by atoms with Crippen LogP contribution in [-0.2, 0) is 6.42 Å². The van der Waals surface area contributed by atoms with Crippen LogP contribution in [0.5, 0.6) is 17.2 Å². The van der Waals surface area contributed by atoms with Gasteiger partial charge >= 0.3 is 0 Å². The van der Waals surface area contributed by atoms with Gasteiger partial charge in [-0.25, -0.2) is 0 Å². The van der Waals surface area contributed by atoms with Crippen molar-refractivity contribution in [3.63, 3.8) is 0 Å². The normalized spacial score (nSPS) is 11.3. The van der Waals surface area contributed by atoms with E-state index in [2.05, 4.69) is 19.2 Å². The minimum atomic E-state index is 0.277. The molecule has 0 bridgehead atoms. The second-order valence-corrected chi connectivity index (χ2v) is 6.03. The van der Waals surface area contributed by atoms with Crippen LogP contribution < -0.4 is 19.5 Å². The van der Waals surface area contributed by atoms with Gasteiger partial charge in [0.05, 0.1) is 21.3 Å². The lowest BCUT2D eigenvalue weighted by atomic mass is 9.83. The number of rotatable bonds is 9. The van der Waals surface area contributed by atoms with Crippen LogP contribution >= 0.6 is 0 Å². The molecule has 0 aromatic heterocycles. The molecule has 1 N–H and O–H groups in total. The smallest absolute Gasteiger partial charge is 0.129 e. The van der Waals surface area contributed by atoms with Gasteiger partial charge in [-0.1, -0.05) is 13.8 Å². The maximum Gasteiger partial charge on any atom is 0.129 e. The Hall–Kier alpha value is -1.42. The zero-order valence-electron chi connectivity index (χ0n) is 14.2. The summed E-state index contributed by atoms with van der Waals surface area (Å²) in [5, 5.41) is 3.22. The first kappa shape index (κ1) is 17.6. The highest BCUT2D eigenvalue weighted by atomic mass is 16.5. The maximum absolute atomic E-state index is 5.50. The van der Waals surface area contributed by atoms with E-state index in [1.807, 2.05) is 19.2 Å². The van der Waals surface area contributed by atoms with E-state index in [9.17, 15) is 0 Å². The molecule has 1 aromatic carbocycles. The highest BCUT2D eigenvalue weighted by molar-refractivity contribution is 5.50. The third-order valence-electron chi connectivity index (χ3n) is 3.92. The molecule has 0 unspecified atom stereocenters. The molecule has 0 amide bonds. The molecule has 120 valence electrons. The average Bonchev–Trinajstić information content (AvgIpc) is 2.50. The predicted molar refractivity (Wildman–Crippen MR) is 86.7 cm³/mol. The molecule has 4 heteroatoms.